The minimum absolute atomic E-state index is 0.0189. The first kappa shape index (κ1) is 23.8. The molecule has 0 fully saturated rings. The summed E-state index contributed by atoms with van der Waals surface area (Å²) in [6.45, 7) is 7.20. The van der Waals surface area contributed by atoms with Gasteiger partial charge in [0.2, 0.25) is 0 Å². The highest BCUT2D eigenvalue weighted by Gasteiger charge is 2.24. The van der Waals surface area contributed by atoms with Crippen LogP contribution in [0.2, 0.25) is 0 Å². The maximum Gasteiger partial charge on any atom is 0.262 e. The minimum Gasteiger partial charge on any atom is -0.486 e. The lowest BCUT2D eigenvalue weighted by molar-refractivity contribution is -0.118. The summed E-state index contributed by atoms with van der Waals surface area (Å²) >= 11 is 1.37. The molecule has 0 spiro atoms. The minimum atomic E-state index is -0.400. The van der Waals surface area contributed by atoms with Crippen LogP contribution in [0, 0.1) is 5.92 Å². The lowest BCUT2D eigenvalue weighted by Crippen LogP contribution is -2.25. The molecule has 3 aromatic rings. The summed E-state index contributed by atoms with van der Waals surface area (Å²) in [6.07, 6.45) is 0.955. The van der Waals surface area contributed by atoms with Crippen LogP contribution in [0.3, 0.4) is 0 Å². The second-order valence-electron chi connectivity index (χ2n) is 8.51. The van der Waals surface area contributed by atoms with Crippen molar-refractivity contribution in [1.29, 1.82) is 0 Å². The first-order valence-corrected chi connectivity index (χ1v) is 12.2. The summed E-state index contributed by atoms with van der Waals surface area (Å²) in [5.41, 5.74) is 1.02. The summed E-state index contributed by atoms with van der Waals surface area (Å²) < 4.78 is 13.3. The lowest BCUT2D eigenvalue weighted by atomic mass is 10.1. The average Bonchev–Trinajstić information content (AvgIpc) is 3.22. The maximum atomic E-state index is 13.2. The quantitative estimate of drug-likeness (QED) is 0.335. The zero-order valence-corrected chi connectivity index (χ0v) is 20.3. The molecule has 1 unspecified atom stereocenters. The Hall–Kier alpha value is -3.33. The van der Waals surface area contributed by atoms with Crippen molar-refractivity contribution in [3.8, 4) is 11.5 Å². The van der Waals surface area contributed by atoms with Crippen LogP contribution in [-0.2, 0) is 17.9 Å². The highest BCUT2D eigenvalue weighted by molar-refractivity contribution is 8.00. The molecular formula is C25H28N4O4S. The Kier molecular flexibility index (Phi) is 7.52. The van der Waals surface area contributed by atoms with E-state index in [2.05, 4.69) is 29.4 Å². The molecule has 2 heterocycles. The van der Waals surface area contributed by atoms with E-state index in [0.717, 1.165) is 24.5 Å². The largest absolute Gasteiger partial charge is 0.486 e. The molecule has 0 radical (unpaired) electrons. The van der Waals surface area contributed by atoms with Crippen molar-refractivity contribution in [2.24, 2.45) is 5.92 Å². The molecule has 178 valence electrons. The Labute approximate surface area is 203 Å². The van der Waals surface area contributed by atoms with E-state index in [1.54, 1.807) is 18.2 Å². The zero-order chi connectivity index (χ0) is 24.1. The van der Waals surface area contributed by atoms with E-state index in [-0.39, 0.29) is 18.3 Å². The molecule has 2 aromatic carbocycles. The monoisotopic (exact) mass is 480 g/mol. The zero-order valence-electron chi connectivity index (χ0n) is 19.5. The fraction of sp³-hybridized carbons (Fsp3) is 0.360. The second kappa shape index (κ2) is 10.7. The molecule has 1 aliphatic heterocycles. The third-order valence-electron chi connectivity index (χ3n) is 5.38. The number of hydrogen-bond acceptors (Lipinski definition) is 7. The highest BCUT2D eigenvalue weighted by Crippen LogP contribution is 2.31. The lowest BCUT2D eigenvalue weighted by Gasteiger charge is -2.19. The van der Waals surface area contributed by atoms with Gasteiger partial charge in [-0.2, -0.15) is 0 Å². The molecule has 1 N–H and O–H groups in total. The predicted molar refractivity (Wildman–Crippen MR) is 130 cm³/mol. The van der Waals surface area contributed by atoms with Gasteiger partial charge in [0.1, 0.15) is 18.1 Å². The number of anilines is 1. The number of fused-ring (bicyclic) bond motifs is 1. The maximum absolute atomic E-state index is 13.2. The Bertz CT molecular complexity index is 1160. The average molecular weight is 481 g/mol. The van der Waals surface area contributed by atoms with Crippen LogP contribution in [0.25, 0.3) is 0 Å². The third-order valence-corrected chi connectivity index (χ3v) is 6.46. The number of rotatable bonds is 10. The number of benzene rings is 2. The van der Waals surface area contributed by atoms with Gasteiger partial charge in [0, 0.05) is 12.1 Å². The number of ketones is 1. The number of aromatic nitrogens is 3. The van der Waals surface area contributed by atoms with Gasteiger partial charge in [-0.15, -0.1) is 10.2 Å². The van der Waals surface area contributed by atoms with E-state index in [1.165, 1.54) is 11.8 Å². The Balaban J connectivity index is 1.49. The molecular weight excluding hydrogens is 452 g/mol. The molecule has 0 aliphatic carbocycles. The smallest absolute Gasteiger partial charge is 0.262 e. The molecule has 0 saturated carbocycles. The van der Waals surface area contributed by atoms with Gasteiger partial charge in [-0.3, -0.25) is 9.59 Å². The van der Waals surface area contributed by atoms with Gasteiger partial charge in [-0.25, -0.2) is 0 Å². The fourth-order valence-corrected chi connectivity index (χ4v) is 4.44. The normalized spacial score (nSPS) is 13.7. The molecule has 0 saturated heterocycles. The number of nitrogens with one attached hydrogen (secondary N) is 1. The molecule has 34 heavy (non-hydrogen) atoms. The predicted octanol–water partition coefficient (Wildman–Crippen LogP) is 4.60. The number of para-hydroxylation sites is 1. The molecule has 4 rings (SSSR count). The first-order chi connectivity index (χ1) is 16.4. The summed E-state index contributed by atoms with van der Waals surface area (Å²) in [4.78, 5) is 24.8. The van der Waals surface area contributed by atoms with Crippen LogP contribution >= 0.6 is 11.8 Å². The van der Waals surface area contributed by atoms with E-state index >= 15 is 0 Å². The molecule has 1 aromatic heterocycles. The Morgan fingerprint density at radius 1 is 1.18 bits per heavy atom. The van der Waals surface area contributed by atoms with Crippen LogP contribution in [0.15, 0.2) is 53.7 Å². The van der Waals surface area contributed by atoms with Gasteiger partial charge in [-0.05, 0) is 49.6 Å². The SMILES string of the molecule is CC(C)CCn1c(COc2ccccc2)nnc1SC(C)C(=O)c1ccc2c(c1)NC(=O)CO2. The number of nitrogens with zero attached hydrogens (tertiary/aromatic N) is 3. The van der Waals surface area contributed by atoms with Crippen LogP contribution in [0.5, 0.6) is 11.5 Å². The molecule has 1 amide bonds. The van der Waals surface area contributed by atoms with Crippen molar-refractivity contribution in [1.82, 2.24) is 14.8 Å². The number of ether oxygens (including phenoxy) is 2. The number of thioether (sulfide) groups is 1. The number of Topliss-reactive ketones (excluding diaryl/α,β-unsaturated/α-hetero) is 1. The summed E-state index contributed by atoms with van der Waals surface area (Å²) in [5.74, 6) is 2.27. The van der Waals surface area contributed by atoms with Crippen molar-refractivity contribution < 1.29 is 19.1 Å². The van der Waals surface area contributed by atoms with Crippen LogP contribution < -0.4 is 14.8 Å². The Morgan fingerprint density at radius 2 is 1.97 bits per heavy atom. The van der Waals surface area contributed by atoms with Crippen LogP contribution in [0.1, 0.15) is 43.4 Å². The van der Waals surface area contributed by atoms with Crippen molar-refractivity contribution >= 4 is 29.1 Å². The standard InChI is InChI=1S/C25H28N4O4S/c1-16(2)11-12-29-22(14-32-19-7-5-4-6-8-19)27-28-25(29)34-17(3)24(31)18-9-10-21-20(13-18)26-23(30)15-33-21/h4-10,13,16-17H,11-12,14-15H2,1-3H3,(H,26,30). The molecule has 0 bridgehead atoms. The highest BCUT2D eigenvalue weighted by atomic mass is 32.2. The van der Waals surface area contributed by atoms with Gasteiger partial charge in [0.15, 0.2) is 23.4 Å². The summed E-state index contributed by atoms with van der Waals surface area (Å²) in [6, 6.07) is 14.7. The first-order valence-electron chi connectivity index (χ1n) is 11.3. The molecule has 8 nitrogen and oxygen atoms in total. The molecule has 1 aliphatic rings. The molecule has 9 heteroatoms. The van der Waals surface area contributed by atoms with Crippen LogP contribution in [0.4, 0.5) is 5.69 Å². The fourth-order valence-electron chi connectivity index (χ4n) is 3.47. The van der Waals surface area contributed by atoms with Gasteiger partial charge >= 0.3 is 0 Å². The van der Waals surface area contributed by atoms with Gasteiger partial charge in [-0.1, -0.05) is 43.8 Å². The van der Waals surface area contributed by atoms with Crippen molar-refractivity contribution in [3.63, 3.8) is 0 Å². The van der Waals surface area contributed by atoms with Gasteiger partial charge < -0.3 is 19.4 Å². The number of carbonyl (C=O) groups excluding carboxylic acids is 2. The number of carbonyl (C=O) groups is 2. The molecule has 1 atom stereocenters. The third kappa shape index (κ3) is 5.77. The van der Waals surface area contributed by atoms with E-state index in [0.29, 0.717) is 34.7 Å². The second-order valence-corrected chi connectivity index (χ2v) is 9.81. The Morgan fingerprint density at radius 3 is 2.74 bits per heavy atom. The van der Waals surface area contributed by atoms with Gasteiger partial charge in [0.05, 0.1) is 10.9 Å². The topological polar surface area (TPSA) is 95.3 Å². The van der Waals surface area contributed by atoms with Crippen molar-refractivity contribution in [2.75, 3.05) is 11.9 Å². The summed E-state index contributed by atoms with van der Waals surface area (Å²) in [7, 11) is 0. The van der Waals surface area contributed by atoms with Crippen LogP contribution in [-0.4, -0.2) is 38.3 Å². The van der Waals surface area contributed by atoms with E-state index in [9.17, 15) is 9.59 Å². The van der Waals surface area contributed by atoms with E-state index in [4.69, 9.17) is 9.47 Å². The number of amides is 1. The summed E-state index contributed by atoms with van der Waals surface area (Å²) in [5, 5.41) is 11.8. The van der Waals surface area contributed by atoms with Crippen molar-refractivity contribution in [2.45, 2.75) is 50.8 Å². The van der Waals surface area contributed by atoms with Crippen molar-refractivity contribution in [3.05, 3.63) is 59.9 Å². The number of hydrogen-bond donors (Lipinski definition) is 1. The van der Waals surface area contributed by atoms with Gasteiger partial charge in [0.25, 0.3) is 5.91 Å². The van der Waals surface area contributed by atoms with E-state index in [1.807, 2.05) is 41.8 Å². The van der Waals surface area contributed by atoms with E-state index < -0.39 is 5.25 Å².